The molecule has 1 amide bonds. The molecule has 1 aromatic heterocycles. The van der Waals surface area contributed by atoms with Crippen molar-refractivity contribution in [3.8, 4) is 11.5 Å². The number of carbonyl (C=O) groups is 2. The van der Waals surface area contributed by atoms with Gasteiger partial charge in [-0.2, -0.15) is 0 Å². The second-order valence-corrected chi connectivity index (χ2v) is 7.88. The largest absolute Gasteiger partial charge is 0.454 e. The maximum absolute atomic E-state index is 12.2. The van der Waals surface area contributed by atoms with E-state index in [4.69, 9.17) is 14.2 Å². The van der Waals surface area contributed by atoms with Crippen LogP contribution in [0.5, 0.6) is 11.5 Å². The van der Waals surface area contributed by atoms with E-state index >= 15 is 0 Å². The first-order valence-corrected chi connectivity index (χ1v) is 9.89. The van der Waals surface area contributed by atoms with Crippen molar-refractivity contribution >= 4 is 23.2 Å². The molecule has 4 rings (SSSR count). The third-order valence-electron chi connectivity index (χ3n) is 4.81. The van der Waals surface area contributed by atoms with Gasteiger partial charge in [0.2, 0.25) is 6.79 Å². The van der Waals surface area contributed by atoms with Gasteiger partial charge in [0.05, 0.1) is 6.04 Å². The van der Waals surface area contributed by atoms with Gasteiger partial charge >= 0.3 is 5.97 Å². The fourth-order valence-corrected chi connectivity index (χ4v) is 4.49. The van der Waals surface area contributed by atoms with Crippen LogP contribution in [0, 0.1) is 0 Å². The van der Waals surface area contributed by atoms with E-state index in [-0.39, 0.29) is 25.3 Å². The third kappa shape index (κ3) is 3.93. The van der Waals surface area contributed by atoms with Gasteiger partial charge in [-0.3, -0.25) is 4.79 Å². The minimum Gasteiger partial charge on any atom is -0.454 e. The molecule has 0 saturated carbocycles. The fourth-order valence-electron chi connectivity index (χ4n) is 3.34. The Hall–Kier alpha value is -2.54. The number of aryl methyl sites for hydroxylation is 2. The van der Waals surface area contributed by atoms with Crippen LogP contribution in [0.25, 0.3) is 0 Å². The molecule has 1 aliphatic carbocycles. The Bertz CT molecular complexity index is 852. The van der Waals surface area contributed by atoms with Gasteiger partial charge < -0.3 is 19.5 Å². The highest BCUT2D eigenvalue weighted by Crippen LogP contribution is 2.34. The molecular weight excluding hydrogens is 366 g/mol. The standard InChI is InChI=1S/C20H21NO5S/c1-12(13-6-7-15-16(8-13)26-11-25-15)21-19(22)10-24-20(23)18-9-14-4-2-3-5-17(14)27-18/h6-9,12H,2-5,10-11H2,1H3,(H,21,22)/t12-/m1/s1. The summed E-state index contributed by atoms with van der Waals surface area (Å²) in [5, 5.41) is 2.83. The van der Waals surface area contributed by atoms with Crippen molar-refractivity contribution in [2.45, 2.75) is 38.6 Å². The lowest BCUT2D eigenvalue weighted by Crippen LogP contribution is -2.31. The van der Waals surface area contributed by atoms with Crippen molar-refractivity contribution < 1.29 is 23.8 Å². The van der Waals surface area contributed by atoms with Crippen molar-refractivity contribution in [3.63, 3.8) is 0 Å². The minimum absolute atomic E-state index is 0.210. The molecule has 0 bridgehead atoms. The molecular formula is C20H21NO5S. The van der Waals surface area contributed by atoms with E-state index < -0.39 is 5.97 Å². The topological polar surface area (TPSA) is 73.9 Å². The number of amides is 1. The van der Waals surface area contributed by atoms with Gasteiger partial charge in [-0.05, 0) is 61.9 Å². The molecule has 0 unspecified atom stereocenters. The van der Waals surface area contributed by atoms with Gasteiger partial charge in [-0.15, -0.1) is 11.3 Å². The van der Waals surface area contributed by atoms with Gasteiger partial charge in [0, 0.05) is 4.88 Å². The van der Waals surface area contributed by atoms with Crippen molar-refractivity contribution in [1.29, 1.82) is 0 Å². The zero-order valence-electron chi connectivity index (χ0n) is 15.1. The molecule has 0 spiro atoms. The van der Waals surface area contributed by atoms with Gasteiger partial charge in [-0.1, -0.05) is 6.07 Å². The molecule has 0 radical (unpaired) electrons. The molecule has 0 fully saturated rings. The molecule has 27 heavy (non-hydrogen) atoms. The number of carbonyl (C=O) groups excluding carboxylic acids is 2. The maximum Gasteiger partial charge on any atom is 0.348 e. The number of rotatable bonds is 5. The van der Waals surface area contributed by atoms with Crippen LogP contribution in [0.4, 0.5) is 0 Å². The average Bonchev–Trinajstić information content (AvgIpc) is 3.31. The Balaban J connectivity index is 1.30. The van der Waals surface area contributed by atoms with Crippen molar-refractivity contribution in [2.75, 3.05) is 13.4 Å². The number of nitrogens with one attached hydrogen (secondary N) is 1. The summed E-state index contributed by atoms with van der Waals surface area (Å²) in [6.45, 7) is 1.78. The van der Waals surface area contributed by atoms with Crippen LogP contribution in [-0.2, 0) is 22.4 Å². The minimum atomic E-state index is -0.430. The van der Waals surface area contributed by atoms with Crippen molar-refractivity contribution in [1.82, 2.24) is 5.32 Å². The number of esters is 1. The van der Waals surface area contributed by atoms with Crippen LogP contribution in [0.3, 0.4) is 0 Å². The molecule has 1 atom stereocenters. The highest BCUT2D eigenvalue weighted by Gasteiger charge is 2.20. The number of thiophene rings is 1. The van der Waals surface area contributed by atoms with Crippen molar-refractivity contribution in [2.24, 2.45) is 0 Å². The van der Waals surface area contributed by atoms with Crippen molar-refractivity contribution in [3.05, 3.63) is 45.1 Å². The molecule has 1 aromatic carbocycles. The summed E-state index contributed by atoms with van der Waals surface area (Å²) in [6.07, 6.45) is 4.38. The lowest BCUT2D eigenvalue weighted by Gasteiger charge is -2.14. The summed E-state index contributed by atoms with van der Waals surface area (Å²) in [7, 11) is 0. The Morgan fingerprint density at radius 3 is 2.85 bits per heavy atom. The molecule has 7 heteroatoms. The molecule has 142 valence electrons. The van der Waals surface area contributed by atoms with Crippen LogP contribution in [0.1, 0.15) is 51.5 Å². The highest BCUT2D eigenvalue weighted by atomic mass is 32.1. The van der Waals surface area contributed by atoms with E-state index in [2.05, 4.69) is 5.32 Å². The molecule has 6 nitrogen and oxygen atoms in total. The van der Waals surface area contributed by atoms with Crippen LogP contribution < -0.4 is 14.8 Å². The molecule has 1 N–H and O–H groups in total. The first-order chi connectivity index (χ1) is 13.1. The van der Waals surface area contributed by atoms with E-state index in [0.29, 0.717) is 16.4 Å². The van der Waals surface area contributed by atoms with Gasteiger partial charge in [0.25, 0.3) is 5.91 Å². The Morgan fingerprint density at radius 2 is 2.00 bits per heavy atom. The SMILES string of the molecule is C[C@@H](NC(=O)COC(=O)c1cc2c(s1)CCCC2)c1ccc2c(c1)OCO2. The number of hydrogen-bond donors (Lipinski definition) is 1. The molecule has 1 aliphatic heterocycles. The summed E-state index contributed by atoms with van der Waals surface area (Å²) in [5.74, 6) is 0.599. The van der Waals surface area contributed by atoms with Crippen LogP contribution >= 0.6 is 11.3 Å². The first-order valence-electron chi connectivity index (χ1n) is 9.08. The quantitative estimate of drug-likeness (QED) is 0.796. The normalized spacial score (nSPS) is 15.7. The molecule has 2 aliphatic rings. The second-order valence-electron chi connectivity index (χ2n) is 6.74. The van der Waals surface area contributed by atoms with E-state index in [1.165, 1.54) is 34.6 Å². The van der Waals surface area contributed by atoms with Crippen LogP contribution in [-0.4, -0.2) is 25.3 Å². The van der Waals surface area contributed by atoms with E-state index in [1.54, 1.807) is 0 Å². The third-order valence-corrected chi connectivity index (χ3v) is 6.02. The van der Waals surface area contributed by atoms with Gasteiger partial charge in [0.15, 0.2) is 18.1 Å². The van der Waals surface area contributed by atoms with Crippen LogP contribution in [0.2, 0.25) is 0 Å². The number of ether oxygens (including phenoxy) is 3. The van der Waals surface area contributed by atoms with Gasteiger partial charge in [0.1, 0.15) is 4.88 Å². The lowest BCUT2D eigenvalue weighted by molar-refractivity contribution is -0.124. The predicted octanol–water partition coefficient (Wildman–Crippen LogP) is 3.39. The van der Waals surface area contributed by atoms with E-state index in [0.717, 1.165) is 18.4 Å². The zero-order valence-corrected chi connectivity index (χ0v) is 15.9. The first kappa shape index (κ1) is 17.9. The number of fused-ring (bicyclic) bond motifs is 2. The summed E-state index contributed by atoms with van der Waals surface area (Å²) in [4.78, 5) is 26.2. The summed E-state index contributed by atoms with van der Waals surface area (Å²) >= 11 is 1.49. The molecule has 2 heterocycles. The molecule has 2 aromatic rings. The number of hydrogen-bond acceptors (Lipinski definition) is 6. The Kier molecular flexibility index (Phi) is 5.03. The summed E-state index contributed by atoms with van der Waals surface area (Å²) in [6, 6.07) is 7.21. The average molecular weight is 387 g/mol. The highest BCUT2D eigenvalue weighted by molar-refractivity contribution is 7.14. The maximum atomic E-state index is 12.2. The lowest BCUT2D eigenvalue weighted by atomic mass is 9.99. The summed E-state index contributed by atoms with van der Waals surface area (Å²) in [5.41, 5.74) is 2.14. The smallest absolute Gasteiger partial charge is 0.348 e. The Labute approximate surface area is 161 Å². The summed E-state index contributed by atoms with van der Waals surface area (Å²) < 4.78 is 15.8. The zero-order chi connectivity index (χ0) is 18.8. The predicted molar refractivity (Wildman–Crippen MR) is 100 cm³/mol. The van der Waals surface area contributed by atoms with Crippen LogP contribution in [0.15, 0.2) is 24.3 Å². The monoisotopic (exact) mass is 387 g/mol. The number of benzene rings is 1. The van der Waals surface area contributed by atoms with E-state index in [1.807, 2.05) is 31.2 Å². The van der Waals surface area contributed by atoms with Gasteiger partial charge in [-0.25, -0.2) is 4.79 Å². The fraction of sp³-hybridized carbons (Fsp3) is 0.400. The second kappa shape index (κ2) is 7.60. The van der Waals surface area contributed by atoms with E-state index in [9.17, 15) is 9.59 Å². The molecule has 0 saturated heterocycles. The Morgan fingerprint density at radius 1 is 1.19 bits per heavy atom.